The monoisotopic (exact) mass is 264 g/mol. The number of aromatic carboxylic acids is 1. The van der Waals surface area contributed by atoms with Crippen LogP contribution >= 0.6 is 0 Å². The van der Waals surface area contributed by atoms with Crippen molar-refractivity contribution in [3.8, 4) is 0 Å². The summed E-state index contributed by atoms with van der Waals surface area (Å²) in [6.07, 6.45) is 0. The molecule has 0 radical (unpaired) electrons. The number of carbonyl (C=O) groups excluding carboxylic acids is 1. The fourth-order valence-electron chi connectivity index (χ4n) is 1.27. The van der Waals surface area contributed by atoms with Gasteiger partial charge in [0, 0.05) is 17.8 Å². The molecule has 0 amide bonds. The topological polar surface area (TPSA) is 92.2 Å². The molecule has 0 aliphatic carbocycles. The predicted molar refractivity (Wildman–Crippen MR) is 47.8 cm³/mol. The summed E-state index contributed by atoms with van der Waals surface area (Å²) in [6.45, 7) is 1.97. The number of nitrogen functional groups attached to an aromatic ring is 1. The smallest absolute Gasteiger partial charge is 0.545 e. The van der Waals surface area contributed by atoms with Gasteiger partial charge in [0.1, 0.15) is 0 Å². The van der Waals surface area contributed by atoms with Gasteiger partial charge >= 0.3 is 58.2 Å². The molecule has 0 unspecified atom stereocenters. The molecule has 1 aromatic carbocycles. The number of hydrogen-bond donors (Lipinski definition) is 2. The van der Waals surface area contributed by atoms with Crippen LogP contribution in [0.2, 0.25) is 0 Å². The zero-order valence-electron chi connectivity index (χ0n) is 8.33. The van der Waals surface area contributed by atoms with E-state index in [0.717, 1.165) is 5.56 Å². The van der Waals surface area contributed by atoms with Crippen molar-refractivity contribution in [1.82, 2.24) is 0 Å². The molecule has 0 aromatic heterocycles. The first-order valence-electron chi connectivity index (χ1n) is 3.87. The Morgan fingerprint density at radius 2 is 2.07 bits per heavy atom. The Bertz CT molecular complexity index is 353. The van der Waals surface area contributed by atoms with E-state index in [1.54, 1.807) is 13.0 Å². The Kier molecular flexibility index (Phi) is 6.08. The summed E-state index contributed by atoms with van der Waals surface area (Å²) >= 11 is 0. The Labute approximate surface area is 131 Å². The van der Waals surface area contributed by atoms with Gasteiger partial charge in [0.05, 0.1) is 5.97 Å². The fourth-order valence-corrected chi connectivity index (χ4v) is 1.27. The van der Waals surface area contributed by atoms with E-state index in [0.29, 0.717) is 12.1 Å². The molecular formula is C9H11N2O2Rb. The van der Waals surface area contributed by atoms with Gasteiger partial charge in [0.2, 0.25) is 0 Å². The molecule has 14 heavy (non-hydrogen) atoms. The van der Waals surface area contributed by atoms with Gasteiger partial charge in [0.15, 0.2) is 0 Å². The van der Waals surface area contributed by atoms with E-state index in [1.807, 2.05) is 0 Å². The van der Waals surface area contributed by atoms with E-state index < -0.39 is 5.97 Å². The molecule has 5 heteroatoms. The summed E-state index contributed by atoms with van der Waals surface area (Å²) in [5.74, 6) is -1.26. The number of anilines is 1. The normalized spacial score (nSPS) is 9.29. The van der Waals surface area contributed by atoms with Crippen LogP contribution in [-0.4, -0.2) is 5.97 Å². The summed E-state index contributed by atoms with van der Waals surface area (Å²) in [6, 6.07) is 3.25. The van der Waals surface area contributed by atoms with Crippen LogP contribution in [0.4, 0.5) is 5.69 Å². The van der Waals surface area contributed by atoms with E-state index in [2.05, 4.69) is 0 Å². The maximum absolute atomic E-state index is 10.7. The zero-order chi connectivity index (χ0) is 10.0. The Morgan fingerprint density at radius 1 is 1.50 bits per heavy atom. The van der Waals surface area contributed by atoms with Crippen molar-refractivity contribution >= 4 is 11.7 Å². The molecule has 0 aliphatic heterocycles. The molecule has 0 atom stereocenters. The van der Waals surface area contributed by atoms with Gasteiger partial charge in [-0.05, 0) is 24.1 Å². The van der Waals surface area contributed by atoms with E-state index >= 15 is 0 Å². The maximum atomic E-state index is 10.7. The second-order valence-electron chi connectivity index (χ2n) is 2.81. The van der Waals surface area contributed by atoms with Crippen molar-refractivity contribution in [2.24, 2.45) is 5.73 Å². The van der Waals surface area contributed by atoms with Crippen LogP contribution in [0, 0.1) is 6.92 Å². The van der Waals surface area contributed by atoms with Crippen molar-refractivity contribution in [3.63, 3.8) is 0 Å². The third-order valence-electron chi connectivity index (χ3n) is 2.03. The molecule has 0 spiro atoms. The summed E-state index contributed by atoms with van der Waals surface area (Å²) in [7, 11) is 0. The van der Waals surface area contributed by atoms with Gasteiger partial charge in [-0.25, -0.2) is 0 Å². The fraction of sp³-hybridized carbons (Fsp3) is 0.222. The molecule has 70 valence electrons. The minimum Gasteiger partial charge on any atom is -0.545 e. The molecule has 0 bridgehead atoms. The van der Waals surface area contributed by atoms with Crippen molar-refractivity contribution in [2.45, 2.75) is 13.5 Å². The zero-order valence-corrected chi connectivity index (χ0v) is 13.2. The van der Waals surface area contributed by atoms with E-state index in [4.69, 9.17) is 11.5 Å². The average Bonchev–Trinajstić information content (AvgIpc) is 2.04. The van der Waals surface area contributed by atoms with E-state index in [1.165, 1.54) is 6.07 Å². The number of benzene rings is 1. The first-order valence-corrected chi connectivity index (χ1v) is 3.87. The molecule has 1 rings (SSSR count). The molecule has 0 saturated heterocycles. The minimum absolute atomic E-state index is 0. The predicted octanol–water partition coefficient (Wildman–Crippen LogP) is -3.60. The summed E-state index contributed by atoms with van der Waals surface area (Å²) in [5.41, 5.74) is 12.5. The van der Waals surface area contributed by atoms with Crippen LogP contribution in [0.1, 0.15) is 21.5 Å². The first kappa shape index (κ1) is 14.3. The number of carbonyl (C=O) groups is 1. The van der Waals surface area contributed by atoms with Gasteiger partial charge in [-0.2, -0.15) is 0 Å². The molecule has 4 nitrogen and oxygen atoms in total. The maximum Gasteiger partial charge on any atom is 1.00 e. The number of nitrogens with two attached hydrogens (primary N) is 2. The van der Waals surface area contributed by atoms with Gasteiger partial charge in [-0.1, -0.05) is 6.07 Å². The molecule has 4 N–H and O–H groups in total. The first-order chi connectivity index (χ1) is 6.07. The van der Waals surface area contributed by atoms with E-state index in [9.17, 15) is 9.90 Å². The number of hydrogen-bond acceptors (Lipinski definition) is 4. The summed E-state index contributed by atoms with van der Waals surface area (Å²) < 4.78 is 0. The molecule has 0 saturated carbocycles. The largest absolute Gasteiger partial charge is 1.00 e. The minimum atomic E-state index is -1.26. The number of carboxylic acid groups (broad SMARTS) is 1. The summed E-state index contributed by atoms with van der Waals surface area (Å²) in [4.78, 5) is 10.7. The van der Waals surface area contributed by atoms with Crippen LogP contribution < -0.4 is 74.8 Å². The number of carboxylic acids is 1. The average molecular weight is 265 g/mol. The Balaban J connectivity index is 0.00000169. The van der Waals surface area contributed by atoms with Crippen LogP contribution in [0.15, 0.2) is 12.1 Å². The van der Waals surface area contributed by atoms with Gasteiger partial charge in [-0.3, -0.25) is 0 Å². The number of rotatable bonds is 2. The van der Waals surface area contributed by atoms with Gasteiger partial charge < -0.3 is 21.4 Å². The van der Waals surface area contributed by atoms with E-state index in [-0.39, 0.29) is 69.4 Å². The standard InChI is InChI=1S/C9H12N2O2.Rb/c1-5-6(4-10)2-3-7(11)8(5)9(12)13;/h2-3H,4,10-11H2,1H3,(H,12,13);/q;+1/p-1. The van der Waals surface area contributed by atoms with Crippen molar-refractivity contribution < 1.29 is 68.1 Å². The third-order valence-corrected chi connectivity index (χ3v) is 2.03. The molecule has 0 aliphatic rings. The van der Waals surface area contributed by atoms with Crippen molar-refractivity contribution in [2.75, 3.05) is 5.73 Å². The van der Waals surface area contributed by atoms with Crippen LogP contribution in [0.3, 0.4) is 0 Å². The van der Waals surface area contributed by atoms with Gasteiger partial charge in [-0.15, -0.1) is 0 Å². The van der Waals surface area contributed by atoms with Gasteiger partial charge in [0.25, 0.3) is 0 Å². The van der Waals surface area contributed by atoms with Crippen molar-refractivity contribution in [3.05, 3.63) is 28.8 Å². The van der Waals surface area contributed by atoms with Crippen molar-refractivity contribution in [1.29, 1.82) is 0 Å². The van der Waals surface area contributed by atoms with Crippen LogP contribution in [0.5, 0.6) is 0 Å². The van der Waals surface area contributed by atoms with Crippen LogP contribution in [0.25, 0.3) is 0 Å². The Hall–Kier alpha value is 0.255. The molecule has 0 fully saturated rings. The SMILES string of the molecule is Cc1c(CN)ccc(N)c1C(=O)[O-].[Rb+]. The second kappa shape index (κ2) is 5.97. The third kappa shape index (κ3) is 2.87. The molecule has 0 heterocycles. The summed E-state index contributed by atoms with van der Waals surface area (Å²) in [5, 5.41) is 10.7. The quantitative estimate of drug-likeness (QED) is 0.540. The second-order valence-corrected chi connectivity index (χ2v) is 2.81. The molecule has 1 aromatic rings. The molecular weight excluding hydrogens is 254 g/mol. The Morgan fingerprint density at radius 3 is 2.50 bits per heavy atom. The van der Waals surface area contributed by atoms with Crippen LogP contribution in [-0.2, 0) is 6.54 Å².